The zero-order valence-corrected chi connectivity index (χ0v) is 9.96. The molecular weight excluding hydrogens is 198 g/mol. The van der Waals surface area contributed by atoms with E-state index in [0.29, 0.717) is 12.1 Å². The quantitative estimate of drug-likeness (QED) is 0.795. The minimum absolute atomic E-state index is 0.147. The van der Waals surface area contributed by atoms with Crippen molar-refractivity contribution < 1.29 is 0 Å². The number of rotatable bonds is 5. The molecule has 16 heavy (non-hydrogen) atoms. The van der Waals surface area contributed by atoms with Gasteiger partial charge in [0.2, 0.25) is 0 Å². The van der Waals surface area contributed by atoms with Gasteiger partial charge in [-0.3, -0.25) is 0 Å². The number of nitrogens with two attached hydrogens (primary N) is 1. The Labute approximate surface area is 97.3 Å². The maximum atomic E-state index is 8.91. The largest absolute Gasteiger partial charge is 0.384 e. The van der Waals surface area contributed by atoms with Crippen LogP contribution in [0.1, 0.15) is 25.8 Å². The van der Waals surface area contributed by atoms with Crippen LogP contribution in [0.25, 0.3) is 0 Å². The molecule has 0 spiro atoms. The summed E-state index contributed by atoms with van der Waals surface area (Å²) in [5, 5.41) is 12.2. The van der Waals surface area contributed by atoms with Gasteiger partial charge in [0.25, 0.3) is 0 Å². The van der Waals surface area contributed by atoms with E-state index in [1.54, 1.807) is 0 Å². The van der Waals surface area contributed by atoms with Crippen LogP contribution in [0.5, 0.6) is 0 Å². The van der Waals surface area contributed by atoms with Crippen molar-refractivity contribution in [3.8, 4) is 6.07 Å². The first kappa shape index (κ1) is 12.5. The van der Waals surface area contributed by atoms with Crippen LogP contribution in [0.3, 0.4) is 0 Å². The molecule has 1 rings (SSSR count). The SMILES string of the molecule is CC(C)(CN)CCNc1ccccc1C#N. The molecule has 0 saturated heterocycles. The van der Waals surface area contributed by atoms with E-state index < -0.39 is 0 Å². The summed E-state index contributed by atoms with van der Waals surface area (Å²) >= 11 is 0. The molecule has 0 aliphatic rings. The van der Waals surface area contributed by atoms with Crippen molar-refractivity contribution in [1.82, 2.24) is 0 Å². The number of para-hydroxylation sites is 1. The fourth-order valence-electron chi connectivity index (χ4n) is 1.37. The first-order valence-corrected chi connectivity index (χ1v) is 5.52. The molecule has 0 amide bonds. The number of benzene rings is 1. The number of nitrogens with zero attached hydrogens (tertiary/aromatic N) is 1. The van der Waals surface area contributed by atoms with Gasteiger partial charge in [0, 0.05) is 6.54 Å². The highest BCUT2D eigenvalue weighted by molar-refractivity contribution is 5.56. The topological polar surface area (TPSA) is 61.8 Å². The van der Waals surface area contributed by atoms with Gasteiger partial charge >= 0.3 is 0 Å². The summed E-state index contributed by atoms with van der Waals surface area (Å²) in [6.07, 6.45) is 0.989. The van der Waals surface area contributed by atoms with Gasteiger partial charge in [-0.15, -0.1) is 0 Å². The second-order valence-electron chi connectivity index (χ2n) is 4.70. The molecule has 0 radical (unpaired) electrons. The Morgan fingerprint density at radius 3 is 2.69 bits per heavy atom. The molecular formula is C13H19N3. The Hall–Kier alpha value is -1.53. The summed E-state index contributed by atoms with van der Waals surface area (Å²) < 4.78 is 0. The number of hydrogen-bond acceptors (Lipinski definition) is 3. The zero-order valence-electron chi connectivity index (χ0n) is 9.96. The van der Waals surface area contributed by atoms with E-state index in [0.717, 1.165) is 18.7 Å². The molecule has 0 aliphatic carbocycles. The molecule has 3 heteroatoms. The van der Waals surface area contributed by atoms with Crippen molar-refractivity contribution in [2.75, 3.05) is 18.4 Å². The lowest BCUT2D eigenvalue weighted by Crippen LogP contribution is -2.26. The molecule has 0 atom stereocenters. The molecule has 0 fully saturated rings. The van der Waals surface area contributed by atoms with Crippen molar-refractivity contribution in [3.63, 3.8) is 0 Å². The van der Waals surface area contributed by atoms with Gasteiger partial charge in [0.1, 0.15) is 6.07 Å². The first-order valence-electron chi connectivity index (χ1n) is 5.52. The number of anilines is 1. The third-order valence-electron chi connectivity index (χ3n) is 2.72. The smallest absolute Gasteiger partial charge is 0.101 e. The summed E-state index contributed by atoms with van der Waals surface area (Å²) in [7, 11) is 0. The fourth-order valence-corrected chi connectivity index (χ4v) is 1.37. The average Bonchev–Trinajstić information content (AvgIpc) is 2.29. The van der Waals surface area contributed by atoms with Crippen LogP contribution in [0, 0.1) is 16.7 Å². The van der Waals surface area contributed by atoms with Crippen LogP contribution >= 0.6 is 0 Å². The molecule has 86 valence electrons. The Kier molecular flexibility index (Phi) is 4.33. The van der Waals surface area contributed by atoms with Crippen LogP contribution in [0.15, 0.2) is 24.3 Å². The lowest BCUT2D eigenvalue weighted by Gasteiger charge is -2.22. The highest BCUT2D eigenvalue weighted by atomic mass is 14.9. The summed E-state index contributed by atoms with van der Waals surface area (Å²) in [6.45, 7) is 5.80. The van der Waals surface area contributed by atoms with Crippen molar-refractivity contribution in [2.24, 2.45) is 11.1 Å². The fraction of sp³-hybridized carbons (Fsp3) is 0.462. The van der Waals surface area contributed by atoms with Crippen LogP contribution in [-0.2, 0) is 0 Å². The van der Waals surface area contributed by atoms with E-state index in [-0.39, 0.29) is 5.41 Å². The summed E-state index contributed by atoms with van der Waals surface area (Å²) in [6, 6.07) is 9.71. The van der Waals surface area contributed by atoms with Crippen molar-refractivity contribution in [2.45, 2.75) is 20.3 Å². The summed E-state index contributed by atoms with van der Waals surface area (Å²) in [4.78, 5) is 0. The van der Waals surface area contributed by atoms with E-state index >= 15 is 0 Å². The Balaban J connectivity index is 2.53. The third kappa shape index (κ3) is 3.56. The van der Waals surface area contributed by atoms with Crippen LogP contribution in [-0.4, -0.2) is 13.1 Å². The van der Waals surface area contributed by atoms with Crippen molar-refractivity contribution in [1.29, 1.82) is 5.26 Å². The number of nitrogens with one attached hydrogen (secondary N) is 1. The van der Waals surface area contributed by atoms with E-state index in [1.807, 2.05) is 24.3 Å². The van der Waals surface area contributed by atoms with Crippen LogP contribution in [0.4, 0.5) is 5.69 Å². The average molecular weight is 217 g/mol. The van der Waals surface area contributed by atoms with E-state index in [4.69, 9.17) is 11.0 Å². The van der Waals surface area contributed by atoms with Crippen LogP contribution < -0.4 is 11.1 Å². The molecule has 0 aliphatic heterocycles. The van der Waals surface area contributed by atoms with Gasteiger partial charge in [-0.05, 0) is 30.5 Å². The maximum Gasteiger partial charge on any atom is 0.101 e. The monoisotopic (exact) mass is 217 g/mol. The normalized spacial score (nSPS) is 10.9. The number of nitriles is 1. The maximum absolute atomic E-state index is 8.91. The van der Waals surface area contributed by atoms with Crippen molar-refractivity contribution >= 4 is 5.69 Å². The van der Waals surface area contributed by atoms with Gasteiger partial charge in [0.05, 0.1) is 11.3 Å². The summed E-state index contributed by atoms with van der Waals surface area (Å²) in [5.74, 6) is 0. The zero-order chi connectivity index (χ0) is 12.0. The molecule has 0 bridgehead atoms. The molecule has 3 nitrogen and oxygen atoms in total. The van der Waals surface area contributed by atoms with Gasteiger partial charge in [-0.25, -0.2) is 0 Å². The second-order valence-corrected chi connectivity index (χ2v) is 4.70. The van der Waals surface area contributed by atoms with Gasteiger partial charge in [-0.2, -0.15) is 5.26 Å². The Morgan fingerprint density at radius 2 is 2.06 bits per heavy atom. The molecule has 1 aromatic rings. The molecule has 0 aromatic heterocycles. The Morgan fingerprint density at radius 1 is 1.38 bits per heavy atom. The van der Waals surface area contributed by atoms with Gasteiger partial charge in [0.15, 0.2) is 0 Å². The van der Waals surface area contributed by atoms with E-state index in [1.165, 1.54) is 0 Å². The second kappa shape index (κ2) is 5.53. The highest BCUT2D eigenvalue weighted by Gasteiger charge is 2.14. The first-order chi connectivity index (χ1) is 7.59. The molecule has 0 saturated carbocycles. The van der Waals surface area contributed by atoms with Crippen LogP contribution in [0.2, 0.25) is 0 Å². The minimum atomic E-state index is 0.147. The van der Waals surface area contributed by atoms with E-state index in [9.17, 15) is 0 Å². The predicted molar refractivity (Wildman–Crippen MR) is 67.1 cm³/mol. The molecule has 1 aromatic carbocycles. The summed E-state index contributed by atoms with van der Waals surface area (Å²) in [5.41, 5.74) is 7.40. The van der Waals surface area contributed by atoms with E-state index in [2.05, 4.69) is 25.2 Å². The number of hydrogen-bond donors (Lipinski definition) is 2. The molecule has 0 heterocycles. The lowest BCUT2D eigenvalue weighted by atomic mass is 9.90. The highest BCUT2D eigenvalue weighted by Crippen LogP contribution is 2.19. The minimum Gasteiger partial charge on any atom is -0.384 e. The standard InChI is InChI=1S/C13H19N3/c1-13(2,10-15)7-8-16-12-6-4-3-5-11(12)9-14/h3-6,16H,7-8,10,15H2,1-2H3. The van der Waals surface area contributed by atoms with Gasteiger partial charge in [-0.1, -0.05) is 26.0 Å². The molecule has 3 N–H and O–H groups in total. The molecule has 0 unspecified atom stereocenters. The van der Waals surface area contributed by atoms with Gasteiger partial charge < -0.3 is 11.1 Å². The van der Waals surface area contributed by atoms with Crippen molar-refractivity contribution in [3.05, 3.63) is 29.8 Å². The third-order valence-corrected chi connectivity index (χ3v) is 2.72. The predicted octanol–water partition coefficient (Wildman–Crippen LogP) is 2.35. The Bertz CT molecular complexity index is 377. The lowest BCUT2D eigenvalue weighted by molar-refractivity contribution is 0.358.